The summed E-state index contributed by atoms with van der Waals surface area (Å²) in [7, 11) is 0. The third kappa shape index (κ3) is 4.48. The Balaban J connectivity index is 2.28. The summed E-state index contributed by atoms with van der Waals surface area (Å²) in [5.41, 5.74) is 1.36. The van der Waals surface area contributed by atoms with Gasteiger partial charge in [0.2, 0.25) is 0 Å². The Kier molecular flexibility index (Phi) is 5.39. The molecule has 0 aromatic heterocycles. The molecular weight excluding hydrogens is 192 g/mol. The molecule has 0 spiro atoms. The van der Waals surface area contributed by atoms with E-state index in [2.05, 4.69) is 31.2 Å². The van der Waals surface area contributed by atoms with E-state index < -0.39 is 0 Å². The zero-order chi connectivity index (χ0) is 10.2. The lowest BCUT2D eigenvalue weighted by Crippen LogP contribution is -1.81. The first-order valence-electron chi connectivity index (χ1n) is 5.22. The van der Waals surface area contributed by atoms with Crippen molar-refractivity contribution in [3.05, 3.63) is 47.0 Å². The predicted molar refractivity (Wildman–Crippen MR) is 63.8 cm³/mol. The van der Waals surface area contributed by atoms with E-state index in [0.717, 1.165) is 17.9 Å². The van der Waals surface area contributed by atoms with Crippen molar-refractivity contribution in [2.75, 3.05) is 0 Å². The van der Waals surface area contributed by atoms with E-state index in [1.807, 2.05) is 12.1 Å². The van der Waals surface area contributed by atoms with Crippen LogP contribution in [0.3, 0.4) is 0 Å². The molecule has 0 aliphatic carbocycles. The summed E-state index contributed by atoms with van der Waals surface area (Å²) < 4.78 is 0. The molecule has 0 N–H and O–H groups in total. The average molecular weight is 209 g/mol. The molecule has 0 unspecified atom stereocenters. The van der Waals surface area contributed by atoms with Crippen molar-refractivity contribution in [1.82, 2.24) is 0 Å². The highest BCUT2D eigenvalue weighted by atomic mass is 35.5. The average Bonchev–Trinajstić information content (AvgIpc) is 2.21. The maximum absolute atomic E-state index is 5.80. The molecule has 0 aliphatic heterocycles. The van der Waals surface area contributed by atoms with E-state index in [1.165, 1.54) is 18.4 Å². The summed E-state index contributed by atoms with van der Waals surface area (Å²) in [6.07, 6.45) is 9.19. The maximum Gasteiger partial charge on any atom is 0.0406 e. The molecule has 0 heterocycles. The second-order valence-corrected chi connectivity index (χ2v) is 3.86. The largest absolute Gasteiger partial charge is 0.0885 e. The fourth-order valence-corrected chi connectivity index (χ4v) is 1.43. The second-order valence-electron chi connectivity index (χ2n) is 3.43. The molecule has 0 bridgehead atoms. The number of unbranched alkanes of at least 4 members (excludes halogenated alkanes) is 1. The van der Waals surface area contributed by atoms with Gasteiger partial charge in [-0.15, -0.1) is 0 Å². The Bertz CT molecular complexity index is 272. The van der Waals surface area contributed by atoms with Crippen molar-refractivity contribution < 1.29 is 0 Å². The van der Waals surface area contributed by atoms with Crippen LogP contribution in [0.25, 0.3) is 0 Å². The summed E-state index contributed by atoms with van der Waals surface area (Å²) in [6.45, 7) is 2.20. The smallest absolute Gasteiger partial charge is 0.0406 e. The Morgan fingerprint density at radius 1 is 1.07 bits per heavy atom. The van der Waals surface area contributed by atoms with Crippen molar-refractivity contribution in [2.24, 2.45) is 0 Å². The molecule has 1 aromatic carbocycles. The van der Waals surface area contributed by atoms with Crippen LogP contribution in [-0.2, 0) is 6.42 Å². The molecule has 0 radical (unpaired) electrons. The number of aryl methyl sites for hydroxylation is 1. The molecular formula is C13H17Cl. The van der Waals surface area contributed by atoms with Gasteiger partial charge in [-0.05, 0) is 37.0 Å². The first-order valence-corrected chi connectivity index (χ1v) is 5.60. The van der Waals surface area contributed by atoms with Gasteiger partial charge in [-0.25, -0.2) is 0 Å². The molecule has 0 nitrogen and oxygen atoms in total. The molecule has 0 aliphatic rings. The van der Waals surface area contributed by atoms with Crippen LogP contribution in [0.15, 0.2) is 36.4 Å². The number of rotatable bonds is 5. The van der Waals surface area contributed by atoms with Crippen molar-refractivity contribution in [3.8, 4) is 0 Å². The van der Waals surface area contributed by atoms with Gasteiger partial charge in [0.1, 0.15) is 0 Å². The van der Waals surface area contributed by atoms with Gasteiger partial charge in [0.05, 0.1) is 0 Å². The minimum Gasteiger partial charge on any atom is -0.0885 e. The summed E-state index contributed by atoms with van der Waals surface area (Å²) in [5.74, 6) is 0. The van der Waals surface area contributed by atoms with Crippen LogP contribution < -0.4 is 0 Å². The second kappa shape index (κ2) is 6.67. The highest BCUT2D eigenvalue weighted by Crippen LogP contribution is 2.11. The number of benzene rings is 1. The van der Waals surface area contributed by atoms with Crippen molar-refractivity contribution in [2.45, 2.75) is 32.6 Å². The zero-order valence-corrected chi connectivity index (χ0v) is 9.43. The molecule has 0 amide bonds. The van der Waals surface area contributed by atoms with Crippen LogP contribution >= 0.6 is 11.6 Å². The quantitative estimate of drug-likeness (QED) is 0.619. The first kappa shape index (κ1) is 11.3. The summed E-state index contributed by atoms with van der Waals surface area (Å²) >= 11 is 5.80. The predicted octanol–water partition coefficient (Wildman–Crippen LogP) is 4.63. The van der Waals surface area contributed by atoms with E-state index in [-0.39, 0.29) is 0 Å². The van der Waals surface area contributed by atoms with Crippen LogP contribution in [0.5, 0.6) is 0 Å². The molecule has 1 aromatic rings. The van der Waals surface area contributed by atoms with Gasteiger partial charge in [0, 0.05) is 5.02 Å². The third-order valence-corrected chi connectivity index (χ3v) is 2.39. The topological polar surface area (TPSA) is 0 Å². The minimum absolute atomic E-state index is 0.815. The van der Waals surface area contributed by atoms with Crippen molar-refractivity contribution in [3.63, 3.8) is 0 Å². The summed E-state index contributed by atoms with van der Waals surface area (Å²) in [5, 5.41) is 0.815. The third-order valence-electron chi connectivity index (χ3n) is 2.13. The highest BCUT2D eigenvalue weighted by molar-refractivity contribution is 6.30. The summed E-state index contributed by atoms with van der Waals surface area (Å²) in [4.78, 5) is 0. The van der Waals surface area contributed by atoms with Gasteiger partial charge < -0.3 is 0 Å². The SMILES string of the molecule is CCCC=CCCc1ccc(Cl)cc1. The number of allylic oxidation sites excluding steroid dienone is 2. The maximum atomic E-state index is 5.80. The lowest BCUT2D eigenvalue weighted by atomic mass is 10.1. The molecule has 0 fully saturated rings. The zero-order valence-electron chi connectivity index (χ0n) is 8.67. The normalized spacial score (nSPS) is 11.0. The lowest BCUT2D eigenvalue weighted by Gasteiger charge is -1.97. The van der Waals surface area contributed by atoms with E-state index in [0.29, 0.717) is 0 Å². The van der Waals surface area contributed by atoms with Crippen LogP contribution in [0.2, 0.25) is 5.02 Å². The Morgan fingerprint density at radius 3 is 2.36 bits per heavy atom. The molecule has 1 rings (SSSR count). The highest BCUT2D eigenvalue weighted by Gasteiger charge is 1.90. The monoisotopic (exact) mass is 208 g/mol. The standard InChI is InChI=1S/C13H17Cl/c1-2-3-4-5-6-7-12-8-10-13(14)11-9-12/h4-5,8-11H,2-3,6-7H2,1H3. The van der Waals surface area contributed by atoms with Crippen molar-refractivity contribution in [1.29, 1.82) is 0 Å². The first-order chi connectivity index (χ1) is 6.83. The van der Waals surface area contributed by atoms with Gasteiger partial charge in [0.25, 0.3) is 0 Å². The Hall–Kier alpha value is -0.750. The van der Waals surface area contributed by atoms with E-state index in [4.69, 9.17) is 11.6 Å². The van der Waals surface area contributed by atoms with Gasteiger partial charge in [-0.1, -0.05) is 49.2 Å². The molecule has 0 atom stereocenters. The van der Waals surface area contributed by atoms with Gasteiger partial charge in [-0.3, -0.25) is 0 Å². The Labute approximate surface area is 91.6 Å². The molecule has 76 valence electrons. The minimum atomic E-state index is 0.815. The van der Waals surface area contributed by atoms with Crippen LogP contribution in [0.1, 0.15) is 31.7 Å². The number of halogens is 1. The fraction of sp³-hybridized carbons (Fsp3) is 0.385. The van der Waals surface area contributed by atoms with Crippen LogP contribution in [-0.4, -0.2) is 0 Å². The lowest BCUT2D eigenvalue weighted by molar-refractivity contribution is 0.936. The summed E-state index contributed by atoms with van der Waals surface area (Å²) in [6, 6.07) is 8.09. The number of hydrogen-bond donors (Lipinski definition) is 0. The molecule has 0 saturated heterocycles. The molecule has 0 saturated carbocycles. The van der Waals surface area contributed by atoms with Gasteiger partial charge in [0.15, 0.2) is 0 Å². The van der Waals surface area contributed by atoms with Gasteiger partial charge >= 0.3 is 0 Å². The van der Waals surface area contributed by atoms with Crippen LogP contribution in [0.4, 0.5) is 0 Å². The molecule has 14 heavy (non-hydrogen) atoms. The van der Waals surface area contributed by atoms with E-state index in [9.17, 15) is 0 Å². The van der Waals surface area contributed by atoms with E-state index in [1.54, 1.807) is 0 Å². The Morgan fingerprint density at radius 2 is 1.71 bits per heavy atom. The molecule has 1 heteroatoms. The number of hydrogen-bond acceptors (Lipinski definition) is 0. The van der Waals surface area contributed by atoms with Gasteiger partial charge in [-0.2, -0.15) is 0 Å². The van der Waals surface area contributed by atoms with Crippen LogP contribution in [0, 0.1) is 0 Å². The fourth-order valence-electron chi connectivity index (χ4n) is 1.30. The van der Waals surface area contributed by atoms with E-state index >= 15 is 0 Å². The van der Waals surface area contributed by atoms with Crippen molar-refractivity contribution >= 4 is 11.6 Å².